The van der Waals surface area contributed by atoms with E-state index in [1.165, 1.54) is 6.20 Å². The van der Waals surface area contributed by atoms with Gasteiger partial charge in [0.25, 0.3) is 6.01 Å². The van der Waals surface area contributed by atoms with Gasteiger partial charge in [0, 0.05) is 6.20 Å². The molecule has 0 spiro atoms. The lowest BCUT2D eigenvalue weighted by molar-refractivity contribution is 0.271. The van der Waals surface area contributed by atoms with E-state index >= 15 is 0 Å². The molecule has 0 radical (unpaired) electrons. The van der Waals surface area contributed by atoms with Crippen LogP contribution in [0.3, 0.4) is 0 Å². The first kappa shape index (κ1) is 8.55. The van der Waals surface area contributed by atoms with Crippen molar-refractivity contribution in [2.45, 2.75) is 6.61 Å². The van der Waals surface area contributed by atoms with Crippen LogP contribution in [0, 0.1) is 0 Å². The molecule has 0 aliphatic carbocycles. The monoisotopic (exact) mass is 191 g/mol. The molecule has 2 heterocycles. The Morgan fingerprint density at radius 1 is 1.43 bits per heavy atom. The van der Waals surface area contributed by atoms with E-state index < -0.39 is 0 Å². The van der Waals surface area contributed by atoms with Crippen LogP contribution in [0.4, 0.5) is 6.01 Å². The van der Waals surface area contributed by atoms with Gasteiger partial charge < -0.3 is 14.9 Å². The Hall–Kier alpha value is -2.04. The molecule has 2 aromatic rings. The molecular weight excluding hydrogens is 182 g/mol. The zero-order chi connectivity index (χ0) is 9.80. The largest absolute Gasteiger partial charge is 0.484 e. The molecule has 2 aromatic heterocycles. The van der Waals surface area contributed by atoms with Crippen molar-refractivity contribution in [2.75, 3.05) is 5.73 Å². The number of oxazole rings is 1. The second kappa shape index (κ2) is 3.78. The first-order valence-electron chi connectivity index (χ1n) is 4.07. The number of nitrogens with two attached hydrogens (primary N) is 1. The van der Waals surface area contributed by atoms with Crippen molar-refractivity contribution in [3.05, 3.63) is 36.5 Å². The van der Waals surface area contributed by atoms with Gasteiger partial charge in [-0.15, -0.1) is 0 Å². The second-order valence-electron chi connectivity index (χ2n) is 2.64. The van der Waals surface area contributed by atoms with Gasteiger partial charge in [0.05, 0.1) is 12.4 Å². The van der Waals surface area contributed by atoms with Crippen molar-refractivity contribution in [3.63, 3.8) is 0 Å². The molecule has 0 amide bonds. The summed E-state index contributed by atoms with van der Waals surface area (Å²) in [5.74, 6) is 1.27. The third kappa shape index (κ3) is 2.01. The molecule has 0 unspecified atom stereocenters. The Kier molecular flexibility index (Phi) is 2.31. The van der Waals surface area contributed by atoms with Gasteiger partial charge in [0.15, 0.2) is 5.76 Å². The van der Waals surface area contributed by atoms with Crippen LogP contribution in [0.25, 0.3) is 0 Å². The van der Waals surface area contributed by atoms with Crippen molar-refractivity contribution in [2.24, 2.45) is 0 Å². The molecule has 0 fully saturated rings. The van der Waals surface area contributed by atoms with Crippen molar-refractivity contribution in [3.8, 4) is 5.75 Å². The molecule has 5 heteroatoms. The molecule has 0 bridgehead atoms. The number of nitrogens with zero attached hydrogens (tertiary/aromatic N) is 2. The minimum Gasteiger partial charge on any atom is -0.484 e. The molecule has 72 valence electrons. The maximum atomic E-state index is 5.35. The maximum absolute atomic E-state index is 5.35. The molecule has 5 nitrogen and oxygen atoms in total. The minimum atomic E-state index is 0.148. The maximum Gasteiger partial charge on any atom is 0.292 e. The highest BCUT2D eigenvalue weighted by Crippen LogP contribution is 2.11. The van der Waals surface area contributed by atoms with E-state index in [1.807, 2.05) is 6.07 Å². The highest BCUT2D eigenvalue weighted by Gasteiger charge is 2.00. The van der Waals surface area contributed by atoms with Crippen molar-refractivity contribution in [1.82, 2.24) is 9.97 Å². The molecule has 0 saturated carbocycles. The Balaban J connectivity index is 1.95. The van der Waals surface area contributed by atoms with E-state index in [0.29, 0.717) is 18.1 Å². The van der Waals surface area contributed by atoms with Crippen LogP contribution in [0.15, 0.2) is 35.1 Å². The summed E-state index contributed by atoms with van der Waals surface area (Å²) < 4.78 is 10.4. The van der Waals surface area contributed by atoms with Gasteiger partial charge in [-0.2, -0.15) is 0 Å². The molecule has 0 aliphatic heterocycles. The summed E-state index contributed by atoms with van der Waals surface area (Å²) in [6, 6.07) is 3.76. The summed E-state index contributed by atoms with van der Waals surface area (Å²) in [6.45, 7) is 0.301. The van der Waals surface area contributed by atoms with Crippen LogP contribution in [-0.4, -0.2) is 9.97 Å². The summed E-state index contributed by atoms with van der Waals surface area (Å²) in [6.07, 6.45) is 4.84. The Bertz CT molecular complexity index is 399. The fourth-order valence-corrected chi connectivity index (χ4v) is 0.976. The second-order valence-corrected chi connectivity index (χ2v) is 2.64. The zero-order valence-electron chi connectivity index (χ0n) is 7.38. The standard InChI is InChI=1S/C9H9N3O2/c10-9-12-5-8(14-9)6-13-7-2-1-3-11-4-7/h1-5H,6H2,(H2,10,12). The lowest BCUT2D eigenvalue weighted by Crippen LogP contribution is -1.93. The quantitative estimate of drug-likeness (QED) is 0.789. The SMILES string of the molecule is Nc1ncc(COc2cccnc2)o1. The van der Waals surface area contributed by atoms with Gasteiger partial charge in [-0.05, 0) is 12.1 Å². The van der Waals surface area contributed by atoms with Gasteiger partial charge in [-0.25, -0.2) is 4.98 Å². The van der Waals surface area contributed by atoms with Gasteiger partial charge in [-0.1, -0.05) is 0 Å². The van der Waals surface area contributed by atoms with Crippen molar-refractivity contribution >= 4 is 6.01 Å². The topological polar surface area (TPSA) is 74.2 Å². The molecule has 2 rings (SSSR count). The number of anilines is 1. The average molecular weight is 191 g/mol. The van der Waals surface area contributed by atoms with E-state index in [1.54, 1.807) is 18.5 Å². The van der Waals surface area contributed by atoms with E-state index in [0.717, 1.165) is 0 Å². The normalized spacial score (nSPS) is 10.0. The highest BCUT2D eigenvalue weighted by atomic mass is 16.5. The summed E-state index contributed by atoms with van der Waals surface area (Å²) in [4.78, 5) is 7.65. The van der Waals surface area contributed by atoms with Gasteiger partial charge in [0.1, 0.15) is 12.4 Å². The van der Waals surface area contributed by atoms with Crippen LogP contribution in [-0.2, 0) is 6.61 Å². The number of rotatable bonds is 3. The smallest absolute Gasteiger partial charge is 0.292 e. The number of hydrogen-bond acceptors (Lipinski definition) is 5. The zero-order valence-corrected chi connectivity index (χ0v) is 7.38. The summed E-state index contributed by atoms with van der Waals surface area (Å²) >= 11 is 0. The minimum absolute atomic E-state index is 0.148. The fourth-order valence-electron chi connectivity index (χ4n) is 0.976. The van der Waals surface area contributed by atoms with Gasteiger partial charge >= 0.3 is 0 Å². The number of hydrogen-bond donors (Lipinski definition) is 1. The Morgan fingerprint density at radius 3 is 3.00 bits per heavy atom. The van der Waals surface area contributed by atoms with Crippen LogP contribution in [0.1, 0.15) is 5.76 Å². The summed E-state index contributed by atoms with van der Waals surface area (Å²) in [5.41, 5.74) is 5.30. The number of ether oxygens (including phenoxy) is 1. The lowest BCUT2D eigenvalue weighted by Gasteiger charge is -2.01. The number of aromatic nitrogens is 2. The first-order valence-corrected chi connectivity index (χ1v) is 4.07. The third-order valence-electron chi connectivity index (χ3n) is 1.59. The molecular formula is C9H9N3O2. The van der Waals surface area contributed by atoms with Crippen molar-refractivity contribution < 1.29 is 9.15 Å². The Labute approximate surface area is 80.5 Å². The molecule has 0 saturated heterocycles. The van der Waals surface area contributed by atoms with Crippen LogP contribution < -0.4 is 10.5 Å². The predicted molar refractivity (Wildman–Crippen MR) is 49.5 cm³/mol. The fraction of sp³-hybridized carbons (Fsp3) is 0.111. The lowest BCUT2D eigenvalue weighted by atomic mass is 10.4. The molecule has 0 aliphatic rings. The van der Waals surface area contributed by atoms with Crippen LogP contribution >= 0.6 is 0 Å². The predicted octanol–water partition coefficient (Wildman–Crippen LogP) is 1.23. The summed E-state index contributed by atoms with van der Waals surface area (Å²) in [7, 11) is 0. The van der Waals surface area contributed by atoms with E-state index in [9.17, 15) is 0 Å². The average Bonchev–Trinajstić information content (AvgIpc) is 2.63. The van der Waals surface area contributed by atoms with Gasteiger partial charge in [-0.3, -0.25) is 4.98 Å². The van der Waals surface area contributed by atoms with Crippen LogP contribution in [0.2, 0.25) is 0 Å². The van der Waals surface area contributed by atoms with E-state index in [-0.39, 0.29) is 6.01 Å². The van der Waals surface area contributed by atoms with Crippen LogP contribution in [0.5, 0.6) is 5.75 Å². The van der Waals surface area contributed by atoms with Crippen molar-refractivity contribution in [1.29, 1.82) is 0 Å². The number of pyridine rings is 1. The first-order chi connectivity index (χ1) is 6.84. The number of nitrogen functional groups attached to an aromatic ring is 1. The summed E-state index contributed by atoms with van der Waals surface area (Å²) in [5, 5.41) is 0. The van der Waals surface area contributed by atoms with Gasteiger partial charge in [0.2, 0.25) is 0 Å². The molecule has 0 atom stereocenters. The van der Waals surface area contributed by atoms with E-state index in [2.05, 4.69) is 9.97 Å². The molecule has 2 N–H and O–H groups in total. The highest BCUT2D eigenvalue weighted by molar-refractivity contribution is 5.16. The molecule has 0 aromatic carbocycles. The Morgan fingerprint density at radius 2 is 2.36 bits per heavy atom. The van der Waals surface area contributed by atoms with E-state index in [4.69, 9.17) is 14.9 Å². The third-order valence-corrected chi connectivity index (χ3v) is 1.59. The molecule has 14 heavy (non-hydrogen) atoms.